The second kappa shape index (κ2) is 12.2. The Morgan fingerprint density at radius 2 is 1.19 bits per heavy atom. The number of hydrogen-bond donors (Lipinski definition) is 1. The van der Waals surface area contributed by atoms with Crippen LogP contribution in [0.1, 0.15) is 16.7 Å². The predicted molar refractivity (Wildman–Crippen MR) is 196 cm³/mol. The maximum atomic E-state index is 9.45. The molecule has 0 saturated heterocycles. The monoisotopic (exact) mass is 603 g/mol. The van der Waals surface area contributed by atoms with Crippen LogP contribution in [0.25, 0.3) is 55.0 Å². The first-order valence-electron chi connectivity index (χ1n) is 15.6. The molecule has 4 heteroatoms. The van der Waals surface area contributed by atoms with Crippen LogP contribution in [0.15, 0.2) is 178 Å². The first kappa shape index (κ1) is 28.1. The number of hydrogen-bond acceptors (Lipinski definition) is 2. The van der Waals surface area contributed by atoms with Crippen molar-refractivity contribution in [2.75, 3.05) is 0 Å². The quantitative estimate of drug-likeness (QED) is 0.154. The van der Waals surface area contributed by atoms with E-state index >= 15 is 0 Å². The van der Waals surface area contributed by atoms with Gasteiger partial charge in [-0.05, 0) is 68.9 Å². The van der Waals surface area contributed by atoms with Crippen LogP contribution in [0, 0.1) is 5.41 Å². The van der Waals surface area contributed by atoms with Gasteiger partial charge in [0.25, 0.3) is 0 Å². The second-order valence-corrected chi connectivity index (χ2v) is 11.5. The lowest BCUT2D eigenvalue weighted by atomic mass is 9.98. The number of nitrogens with zero attached hydrogens (tertiary/aromatic N) is 2. The summed E-state index contributed by atoms with van der Waals surface area (Å²) in [5.74, 6) is 0.564. The molecule has 222 valence electrons. The van der Waals surface area contributed by atoms with Crippen molar-refractivity contribution in [3.63, 3.8) is 0 Å². The first-order chi connectivity index (χ1) is 23.2. The third-order valence-corrected chi connectivity index (χ3v) is 8.40. The van der Waals surface area contributed by atoms with Gasteiger partial charge in [-0.25, -0.2) is 9.98 Å². The highest BCUT2D eigenvalue weighted by Gasteiger charge is 2.17. The molecule has 0 saturated carbocycles. The van der Waals surface area contributed by atoms with Crippen LogP contribution in [0.2, 0.25) is 0 Å². The van der Waals surface area contributed by atoms with Gasteiger partial charge >= 0.3 is 0 Å². The van der Waals surface area contributed by atoms with Crippen molar-refractivity contribution in [3.8, 4) is 22.3 Å². The van der Waals surface area contributed by atoms with E-state index in [9.17, 15) is 5.41 Å². The van der Waals surface area contributed by atoms with Gasteiger partial charge in [0, 0.05) is 28.1 Å². The van der Waals surface area contributed by atoms with E-state index in [1.165, 1.54) is 0 Å². The molecule has 0 radical (unpaired) electrons. The standard InChI is InChI=1S/C43H29N3O/c44-42(38-26-36(31-16-8-3-9-17-31)27-40-41(38)37-18-10-11-19-39(37)47-40)46-43(45-28-29-12-4-1-5-13-29)34-23-21-32-20-22-33(24-35(32)25-34)30-14-6-2-7-15-30/h1-28,44H. The lowest BCUT2D eigenvalue weighted by molar-refractivity contribution is 0.669. The first-order valence-corrected chi connectivity index (χ1v) is 15.6. The molecule has 8 aromatic rings. The van der Waals surface area contributed by atoms with E-state index in [1.807, 2.05) is 97.1 Å². The fourth-order valence-corrected chi connectivity index (χ4v) is 6.04. The summed E-state index contributed by atoms with van der Waals surface area (Å²) in [6.07, 6.45) is 1.81. The Morgan fingerprint density at radius 3 is 1.96 bits per heavy atom. The molecule has 1 aromatic heterocycles. The Balaban J connectivity index is 1.30. The van der Waals surface area contributed by atoms with Crippen molar-refractivity contribution in [2.45, 2.75) is 0 Å². The minimum absolute atomic E-state index is 0.109. The summed E-state index contributed by atoms with van der Waals surface area (Å²) in [6.45, 7) is 0. The molecule has 47 heavy (non-hydrogen) atoms. The topological polar surface area (TPSA) is 61.7 Å². The van der Waals surface area contributed by atoms with Crippen LogP contribution in [0.5, 0.6) is 0 Å². The lowest BCUT2D eigenvalue weighted by Crippen LogP contribution is -2.05. The van der Waals surface area contributed by atoms with Crippen molar-refractivity contribution in [3.05, 3.63) is 180 Å². The number of amidine groups is 2. The fraction of sp³-hybridized carbons (Fsp3) is 0. The minimum atomic E-state index is 0.109. The van der Waals surface area contributed by atoms with E-state index < -0.39 is 0 Å². The zero-order chi connectivity index (χ0) is 31.6. The van der Waals surface area contributed by atoms with Crippen molar-refractivity contribution in [1.82, 2.24) is 0 Å². The molecule has 0 amide bonds. The molecule has 1 N–H and O–H groups in total. The number of benzene rings is 7. The molecule has 0 aliphatic carbocycles. The lowest BCUT2D eigenvalue weighted by Gasteiger charge is -2.10. The highest BCUT2D eigenvalue weighted by molar-refractivity contribution is 6.22. The smallest absolute Gasteiger partial charge is 0.161 e. The number of aliphatic imine (C=N–C) groups is 2. The average molecular weight is 604 g/mol. The number of para-hydroxylation sites is 1. The Labute approximate surface area is 272 Å². The highest BCUT2D eigenvalue weighted by Crippen LogP contribution is 2.36. The summed E-state index contributed by atoms with van der Waals surface area (Å²) >= 11 is 0. The summed E-state index contributed by atoms with van der Waals surface area (Å²) in [5, 5.41) is 13.5. The number of rotatable bonds is 5. The van der Waals surface area contributed by atoms with Gasteiger partial charge in [0.05, 0.1) is 0 Å². The maximum Gasteiger partial charge on any atom is 0.161 e. The van der Waals surface area contributed by atoms with E-state index in [2.05, 4.69) is 66.7 Å². The predicted octanol–water partition coefficient (Wildman–Crippen LogP) is 11.0. The molecule has 8 rings (SSSR count). The zero-order valence-electron chi connectivity index (χ0n) is 25.5. The zero-order valence-corrected chi connectivity index (χ0v) is 25.5. The van der Waals surface area contributed by atoms with Crippen molar-refractivity contribution >= 4 is 50.6 Å². The summed E-state index contributed by atoms with van der Waals surface area (Å²) < 4.78 is 6.32. The van der Waals surface area contributed by atoms with Crippen molar-refractivity contribution in [2.24, 2.45) is 9.98 Å². The third-order valence-electron chi connectivity index (χ3n) is 8.40. The average Bonchev–Trinajstić information content (AvgIpc) is 3.52. The fourth-order valence-electron chi connectivity index (χ4n) is 6.04. The maximum absolute atomic E-state index is 9.45. The van der Waals surface area contributed by atoms with Crippen LogP contribution in [0.4, 0.5) is 0 Å². The van der Waals surface area contributed by atoms with Gasteiger partial charge in [-0.3, -0.25) is 5.41 Å². The van der Waals surface area contributed by atoms with Gasteiger partial charge in [0.2, 0.25) is 0 Å². The Hall–Kier alpha value is -6.39. The molecule has 7 aromatic carbocycles. The van der Waals surface area contributed by atoms with Crippen LogP contribution in [-0.4, -0.2) is 17.9 Å². The minimum Gasteiger partial charge on any atom is -0.456 e. The number of fused-ring (bicyclic) bond motifs is 4. The molecule has 0 unspecified atom stereocenters. The molecule has 0 spiro atoms. The molecule has 0 atom stereocenters. The van der Waals surface area contributed by atoms with Gasteiger partial charge in [-0.1, -0.05) is 133 Å². The van der Waals surface area contributed by atoms with E-state index in [0.29, 0.717) is 11.4 Å². The number of nitrogens with one attached hydrogen (secondary N) is 1. The van der Waals surface area contributed by atoms with E-state index in [-0.39, 0.29) is 5.84 Å². The van der Waals surface area contributed by atoms with Gasteiger partial charge in [-0.15, -0.1) is 0 Å². The molecular formula is C43H29N3O. The van der Waals surface area contributed by atoms with Gasteiger partial charge in [-0.2, -0.15) is 0 Å². The Kier molecular flexibility index (Phi) is 7.29. The third kappa shape index (κ3) is 5.65. The summed E-state index contributed by atoms with van der Waals surface area (Å²) in [4.78, 5) is 9.84. The normalized spacial score (nSPS) is 12.0. The summed E-state index contributed by atoms with van der Waals surface area (Å²) in [7, 11) is 0. The highest BCUT2D eigenvalue weighted by atomic mass is 16.3. The molecule has 0 fully saturated rings. The van der Waals surface area contributed by atoms with Gasteiger partial charge in [0.15, 0.2) is 11.7 Å². The molecule has 1 heterocycles. The van der Waals surface area contributed by atoms with Gasteiger partial charge < -0.3 is 4.42 Å². The second-order valence-electron chi connectivity index (χ2n) is 11.5. The Morgan fingerprint density at radius 1 is 0.532 bits per heavy atom. The van der Waals surface area contributed by atoms with E-state index in [1.54, 1.807) is 6.21 Å². The van der Waals surface area contributed by atoms with Crippen LogP contribution < -0.4 is 0 Å². The van der Waals surface area contributed by atoms with Crippen LogP contribution in [-0.2, 0) is 0 Å². The van der Waals surface area contributed by atoms with Gasteiger partial charge in [0.1, 0.15) is 11.2 Å². The SMILES string of the molecule is N=C(N=C(N=Cc1ccccc1)c1ccc2ccc(-c3ccccc3)cc2c1)c1cc(-c2ccccc2)cc2oc3ccccc3c12. The molecule has 0 aliphatic rings. The summed E-state index contributed by atoms with van der Waals surface area (Å²) in [5.41, 5.74) is 8.26. The molecule has 0 bridgehead atoms. The molecule has 0 aliphatic heterocycles. The molecule has 4 nitrogen and oxygen atoms in total. The largest absolute Gasteiger partial charge is 0.456 e. The van der Waals surface area contributed by atoms with Crippen LogP contribution in [0.3, 0.4) is 0 Å². The Bertz CT molecular complexity index is 2460. The van der Waals surface area contributed by atoms with E-state index in [4.69, 9.17) is 14.4 Å². The summed E-state index contributed by atoms with van der Waals surface area (Å²) in [6, 6.07) is 55.2. The number of furan rings is 1. The van der Waals surface area contributed by atoms with Crippen LogP contribution >= 0.6 is 0 Å². The van der Waals surface area contributed by atoms with E-state index in [0.717, 1.165) is 66.1 Å². The molecular weight excluding hydrogens is 574 g/mol. The van der Waals surface area contributed by atoms with Crippen molar-refractivity contribution < 1.29 is 4.42 Å². The van der Waals surface area contributed by atoms with Crippen molar-refractivity contribution in [1.29, 1.82) is 5.41 Å².